The highest BCUT2D eigenvalue weighted by Crippen LogP contribution is 2.23. The first kappa shape index (κ1) is 14.1. The Kier molecular flexibility index (Phi) is 5.00. The van der Waals surface area contributed by atoms with E-state index < -0.39 is 0 Å². The van der Waals surface area contributed by atoms with Crippen LogP contribution in [0.15, 0.2) is 36.7 Å². The number of hydrogen-bond donors (Lipinski definition) is 1. The maximum atomic E-state index is 6.08. The third-order valence-corrected chi connectivity index (χ3v) is 3.55. The fourth-order valence-electron chi connectivity index (χ4n) is 2.34. The van der Waals surface area contributed by atoms with Gasteiger partial charge in [-0.25, -0.2) is 0 Å². The lowest BCUT2D eigenvalue weighted by Gasteiger charge is -2.17. The van der Waals surface area contributed by atoms with Gasteiger partial charge in [-0.15, -0.1) is 0 Å². The molecule has 0 aliphatic heterocycles. The van der Waals surface area contributed by atoms with Gasteiger partial charge in [-0.2, -0.15) is 5.10 Å². The Balaban J connectivity index is 2.03. The van der Waals surface area contributed by atoms with Crippen LogP contribution in [0.5, 0.6) is 0 Å². The van der Waals surface area contributed by atoms with Gasteiger partial charge in [0.2, 0.25) is 0 Å². The van der Waals surface area contributed by atoms with Crippen LogP contribution in [0.3, 0.4) is 0 Å². The van der Waals surface area contributed by atoms with Crippen molar-refractivity contribution in [3.63, 3.8) is 0 Å². The number of nitrogens with one attached hydrogen (secondary N) is 1. The summed E-state index contributed by atoms with van der Waals surface area (Å²) in [6, 6.07) is 8.15. The Hall–Kier alpha value is -1.32. The van der Waals surface area contributed by atoms with Crippen molar-refractivity contribution in [3.05, 3.63) is 52.8 Å². The van der Waals surface area contributed by atoms with Gasteiger partial charge in [-0.3, -0.25) is 4.68 Å². The molecule has 0 spiro atoms. The number of rotatable bonds is 6. The number of likely N-dealkylation sites (N-methyl/N-ethyl adjacent to an activating group) is 1. The molecule has 1 unspecified atom stereocenters. The highest BCUT2D eigenvalue weighted by atomic mass is 35.5. The second-order valence-electron chi connectivity index (χ2n) is 4.87. The minimum Gasteiger partial charge on any atom is -0.319 e. The van der Waals surface area contributed by atoms with Crippen molar-refractivity contribution in [1.29, 1.82) is 0 Å². The topological polar surface area (TPSA) is 29.9 Å². The fraction of sp³-hybridized carbons (Fsp3) is 0.400. The molecule has 1 atom stereocenters. The molecule has 0 bridgehead atoms. The predicted molar refractivity (Wildman–Crippen MR) is 79.6 cm³/mol. The van der Waals surface area contributed by atoms with Gasteiger partial charge in [0.25, 0.3) is 0 Å². The Morgan fingerprint density at radius 1 is 1.42 bits per heavy atom. The van der Waals surface area contributed by atoms with Crippen LogP contribution in [0.25, 0.3) is 0 Å². The zero-order valence-corrected chi connectivity index (χ0v) is 12.2. The summed E-state index contributed by atoms with van der Waals surface area (Å²) >= 11 is 6.08. The molecule has 0 aliphatic carbocycles. The third kappa shape index (κ3) is 4.08. The van der Waals surface area contributed by atoms with Crippen molar-refractivity contribution >= 4 is 11.6 Å². The van der Waals surface area contributed by atoms with E-state index in [1.807, 2.05) is 37.1 Å². The number of hydrogen-bond acceptors (Lipinski definition) is 2. The molecule has 0 radical (unpaired) electrons. The van der Waals surface area contributed by atoms with Gasteiger partial charge in [0.1, 0.15) is 0 Å². The number of aromatic nitrogens is 2. The first-order valence-corrected chi connectivity index (χ1v) is 6.94. The monoisotopic (exact) mass is 277 g/mol. The highest BCUT2D eigenvalue weighted by molar-refractivity contribution is 6.30. The third-order valence-electron chi connectivity index (χ3n) is 3.31. The lowest BCUT2D eigenvalue weighted by Crippen LogP contribution is -2.17. The largest absolute Gasteiger partial charge is 0.319 e. The summed E-state index contributed by atoms with van der Waals surface area (Å²) in [6.07, 6.45) is 6.14. The van der Waals surface area contributed by atoms with Crippen LogP contribution in [-0.2, 0) is 13.5 Å². The molecule has 1 heterocycles. The van der Waals surface area contributed by atoms with Crippen LogP contribution in [0.4, 0.5) is 0 Å². The number of halogens is 1. The molecule has 19 heavy (non-hydrogen) atoms. The van der Waals surface area contributed by atoms with Crippen LogP contribution in [-0.4, -0.2) is 23.4 Å². The summed E-state index contributed by atoms with van der Waals surface area (Å²) in [7, 11) is 3.94. The van der Waals surface area contributed by atoms with E-state index in [4.69, 9.17) is 11.6 Å². The van der Waals surface area contributed by atoms with E-state index in [0.29, 0.717) is 5.92 Å². The standard InChI is InChI=1S/C15H20ClN3/c1-17-10-14(13-4-3-5-15(16)8-13)7-6-12-9-18-19(2)11-12/h3-5,8-9,11,14,17H,6-7,10H2,1-2H3. The van der Waals surface area contributed by atoms with Gasteiger partial charge >= 0.3 is 0 Å². The predicted octanol–water partition coefficient (Wildman–Crippen LogP) is 3.01. The van der Waals surface area contributed by atoms with E-state index in [9.17, 15) is 0 Å². The lowest BCUT2D eigenvalue weighted by atomic mass is 9.93. The van der Waals surface area contributed by atoms with E-state index in [0.717, 1.165) is 24.4 Å². The Morgan fingerprint density at radius 3 is 2.89 bits per heavy atom. The first-order valence-electron chi connectivity index (χ1n) is 6.56. The summed E-state index contributed by atoms with van der Waals surface area (Å²) < 4.78 is 1.85. The molecule has 1 N–H and O–H groups in total. The van der Waals surface area contributed by atoms with Crippen molar-refractivity contribution in [3.8, 4) is 0 Å². The highest BCUT2D eigenvalue weighted by Gasteiger charge is 2.11. The van der Waals surface area contributed by atoms with Crippen LogP contribution >= 0.6 is 11.6 Å². The number of aryl methyl sites for hydroxylation is 2. The van der Waals surface area contributed by atoms with Gasteiger partial charge in [0, 0.05) is 24.8 Å². The van der Waals surface area contributed by atoms with E-state index in [-0.39, 0.29) is 0 Å². The second-order valence-corrected chi connectivity index (χ2v) is 5.31. The quantitative estimate of drug-likeness (QED) is 0.880. The molecule has 1 aromatic carbocycles. The second kappa shape index (κ2) is 6.73. The maximum Gasteiger partial charge on any atom is 0.0521 e. The smallest absolute Gasteiger partial charge is 0.0521 e. The van der Waals surface area contributed by atoms with Gasteiger partial charge < -0.3 is 5.32 Å². The Morgan fingerprint density at radius 2 is 2.26 bits per heavy atom. The SMILES string of the molecule is CNCC(CCc1cnn(C)c1)c1cccc(Cl)c1. The summed E-state index contributed by atoms with van der Waals surface area (Å²) in [4.78, 5) is 0. The average Bonchev–Trinajstić information content (AvgIpc) is 2.80. The maximum absolute atomic E-state index is 6.08. The van der Waals surface area contributed by atoms with Crippen molar-refractivity contribution < 1.29 is 0 Å². The zero-order chi connectivity index (χ0) is 13.7. The minimum atomic E-state index is 0.476. The fourth-order valence-corrected chi connectivity index (χ4v) is 2.53. The van der Waals surface area contributed by atoms with Crippen LogP contribution in [0, 0.1) is 0 Å². The van der Waals surface area contributed by atoms with Gasteiger partial charge in [-0.05, 0) is 49.1 Å². The van der Waals surface area contributed by atoms with E-state index in [1.54, 1.807) is 0 Å². The summed E-state index contributed by atoms with van der Waals surface area (Å²) in [5, 5.41) is 8.28. The Bertz CT molecular complexity index is 522. The molecule has 0 fully saturated rings. The van der Waals surface area contributed by atoms with E-state index in [1.165, 1.54) is 11.1 Å². The molecule has 1 aromatic heterocycles. The van der Waals surface area contributed by atoms with Gasteiger partial charge in [-0.1, -0.05) is 23.7 Å². The lowest BCUT2D eigenvalue weighted by molar-refractivity contribution is 0.584. The molecular weight excluding hydrogens is 258 g/mol. The summed E-state index contributed by atoms with van der Waals surface area (Å²) in [5.41, 5.74) is 2.58. The normalized spacial score (nSPS) is 12.6. The van der Waals surface area contributed by atoms with E-state index in [2.05, 4.69) is 28.7 Å². The molecule has 0 amide bonds. The molecule has 0 saturated carbocycles. The van der Waals surface area contributed by atoms with Crippen LogP contribution in [0.2, 0.25) is 5.02 Å². The molecule has 4 heteroatoms. The van der Waals surface area contributed by atoms with Crippen molar-refractivity contribution in [2.24, 2.45) is 7.05 Å². The molecule has 2 aromatic rings. The molecule has 3 nitrogen and oxygen atoms in total. The van der Waals surface area contributed by atoms with Crippen molar-refractivity contribution in [2.75, 3.05) is 13.6 Å². The van der Waals surface area contributed by atoms with Crippen molar-refractivity contribution in [1.82, 2.24) is 15.1 Å². The summed E-state index contributed by atoms with van der Waals surface area (Å²) in [6.45, 7) is 0.959. The van der Waals surface area contributed by atoms with Crippen molar-refractivity contribution in [2.45, 2.75) is 18.8 Å². The molecular formula is C15H20ClN3. The van der Waals surface area contributed by atoms with Crippen LogP contribution < -0.4 is 5.32 Å². The number of nitrogens with zero attached hydrogens (tertiary/aromatic N) is 2. The van der Waals surface area contributed by atoms with E-state index >= 15 is 0 Å². The zero-order valence-electron chi connectivity index (χ0n) is 11.4. The average molecular weight is 278 g/mol. The molecule has 0 aliphatic rings. The molecule has 102 valence electrons. The molecule has 0 saturated heterocycles. The van der Waals surface area contributed by atoms with Gasteiger partial charge in [0.05, 0.1) is 6.20 Å². The van der Waals surface area contributed by atoms with Gasteiger partial charge in [0.15, 0.2) is 0 Å². The van der Waals surface area contributed by atoms with Crippen LogP contribution in [0.1, 0.15) is 23.5 Å². The molecule has 2 rings (SSSR count). The minimum absolute atomic E-state index is 0.476. The Labute approximate surface area is 119 Å². The summed E-state index contributed by atoms with van der Waals surface area (Å²) in [5.74, 6) is 0.476. The number of benzene rings is 1. The first-order chi connectivity index (χ1) is 9.19.